The quantitative estimate of drug-likeness (QED) is 0.690. The van der Waals surface area contributed by atoms with Crippen LogP contribution in [0.2, 0.25) is 0 Å². The number of carbonyl (C=O) groups excluding carboxylic acids is 1. The minimum Gasteiger partial charge on any atom is -0.324 e. The highest BCUT2D eigenvalue weighted by molar-refractivity contribution is 5.85. The molecule has 3 rings (SSSR count). The summed E-state index contributed by atoms with van der Waals surface area (Å²) in [4.78, 5) is 16.6. The molecule has 2 aliphatic heterocycles. The summed E-state index contributed by atoms with van der Waals surface area (Å²) < 4.78 is 53.3. The van der Waals surface area contributed by atoms with Crippen LogP contribution in [0.4, 0.5) is 17.6 Å². The maximum Gasteiger partial charge on any atom is 0.416 e. The van der Waals surface area contributed by atoms with Gasteiger partial charge in [-0.1, -0.05) is 18.2 Å². The van der Waals surface area contributed by atoms with Crippen molar-refractivity contribution in [3.63, 3.8) is 0 Å². The zero-order valence-electron chi connectivity index (χ0n) is 15.3. The topological polar surface area (TPSA) is 23.6 Å². The number of halogens is 5. The fourth-order valence-corrected chi connectivity index (χ4v) is 4.19. The lowest BCUT2D eigenvalue weighted by molar-refractivity contribution is -0.150. The van der Waals surface area contributed by atoms with Gasteiger partial charge in [-0.05, 0) is 44.2 Å². The molecule has 0 aliphatic carbocycles. The van der Waals surface area contributed by atoms with Crippen LogP contribution in [0.1, 0.15) is 43.7 Å². The van der Waals surface area contributed by atoms with E-state index in [-0.39, 0.29) is 36.8 Å². The molecule has 3 nitrogen and oxygen atoms in total. The van der Waals surface area contributed by atoms with E-state index in [0.717, 1.165) is 18.9 Å². The highest BCUT2D eigenvalue weighted by atomic mass is 35.5. The molecule has 0 bridgehead atoms. The number of nitrogens with zero attached hydrogens (tertiary/aromatic N) is 2. The van der Waals surface area contributed by atoms with Gasteiger partial charge in [0, 0.05) is 19.6 Å². The van der Waals surface area contributed by atoms with Crippen LogP contribution in [-0.2, 0) is 17.4 Å². The van der Waals surface area contributed by atoms with E-state index >= 15 is 0 Å². The third-order valence-corrected chi connectivity index (χ3v) is 5.64. The number of benzene rings is 1. The van der Waals surface area contributed by atoms with Crippen LogP contribution in [0.15, 0.2) is 24.3 Å². The van der Waals surface area contributed by atoms with Crippen molar-refractivity contribution in [2.45, 2.75) is 57.0 Å². The summed E-state index contributed by atoms with van der Waals surface area (Å²) in [5.74, 6) is -0.328. The van der Waals surface area contributed by atoms with Gasteiger partial charge >= 0.3 is 6.18 Å². The highest BCUT2D eigenvalue weighted by Crippen LogP contribution is 2.36. The fourth-order valence-electron chi connectivity index (χ4n) is 4.19. The van der Waals surface area contributed by atoms with Crippen molar-refractivity contribution in [2.75, 3.05) is 19.6 Å². The number of carbonyl (C=O) groups is 1. The van der Waals surface area contributed by atoms with Gasteiger partial charge in [-0.25, -0.2) is 4.39 Å². The largest absolute Gasteiger partial charge is 0.416 e. The number of amides is 1. The van der Waals surface area contributed by atoms with Crippen molar-refractivity contribution in [1.82, 2.24) is 9.80 Å². The smallest absolute Gasteiger partial charge is 0.324 e. The van der Waals surface area contributed by atoms with Crippen LogP contribution in [0.25, 0.3) is 0 Å². The first-order valence-electron chi connectivity index (χ1n) is 9.06. The first-order valence-corrected chi connectivity index (χ1v) is 9.06. The molecular formula is C19H25ClF4N2O. The minimum absolute atomic E-state index is 0. The molecule has 2 heterocycles. The number of rotatable bonds is 3. The Morgan fingerprint density at radius 2 is 1.93 bits per heavy atom. The molecule has 0 radical (unpaired) electrons. The molecule has 2 saturated heterocycles. The van der Waals surface area contributed by atoms with Gasteiger partial charge in [-0.3, -0.25) is 9.69 Å². The van der Waals surface area contributed by atoms with Crippen molar-refractivity contribution < 1.29 is 22.4 Å². The normalized spacial score (nSPS) is 26.7. The summed E-state index contributed by atoms with van der Waals surface area (Å²) in [6, 6.07) is 5.20. The Bertz CT molecular complexity index is 669. The molecule has 2 unspecified atom stereocenters. The lowest BCUT2D eigenvalue weighted by Gasteiger charge is -2.50. The van der Waals surface area contributed by atoms with Crippen molar-refractivity contribution in [2.24, 2.45) is 0 Å². The predicted octanol–water partition coefficient (Wildman–Crippen LogP) is 4.44. The molecule has 1 aromatic rings. The first kappa shape index (κ1) is 22.0. The van der Waals surface area contributed by atoms with Gasteiger partial charge < -0.3 is 4.90 Å². The van der Waals surface area contributed by atoms with E-state index in [1.54, 1.807) is 4.90 Å². The summed E-state index contributed by atoms with van der Waals surface area (Å²) in [6.07, 6.45) is -2.80. The Labute approximate surface area is 163 Å². The summed E-state index contributed by atoms with van der Waals surface area (Å²) in [5, 5.41) is 0. The molecular weight excluding hydrogens is 384 g/mol. The molecule has 27 heavy (non-hydrogen) atoms. The number of alkyl halides is 4. The Balaban J connectivity index is 0.00000261. The zero-order chi connectivity index (χ0) is 18.9. The lowest BCUT2D eigenvalue weighted by Crippen LogP contribution is -2.62. The molecule has 152 valence electrons. The van der Waals surface area contributed by atoms with Crippen LogP contribution in [0.3, 0.4) is 0 Å². The van der Waals surface area contributed by atoms with Gasteiger partial charge in [0.2, 0.25) is 5.91 Å². The van der Waals surface area contributed by atoms with Crippen LogP contribution in [0.5, 0.6) is 0 Å². The fraction of sp³-hybridized carbons (Fsp3) is 0.632. The highest BCUT2D eigenvalue weighted by Gasteiger charge is 2.45. The van der Waals surface area contributed by atoms with Gasteiger partial charge in [0.25, 0.3) is 0 Å². The van der Waals surface area contributed by atoms with E-state index in [2.05, 4.69) is 0 Å². The van der Waals surface area contributed by atoms with E-state index in [1.165, 1.54) is 18.2 Å². The second-order valence-electron chi connectivity index (χ2n) is 7.38. The van der Waals surface area contributed by atoms with Crippen LogP contribution >= 0.6 is 12.4 Å². The average Bonchev–Trinajstić information content (AvgIpc) is 3.02. The van der Waals surface area contributed by atoms with Crippen molar-refractivity contribution >= 4 is 18.3 Å². The van der Waals surface area contributed by atoms with Crippen molar-refractivity contribution in [3.05, 3.63) is 35.4 Å². The molecule has 0 aromatic heterocycles. The molecule has 1 aromatic carbocycles. The van der Waals surface area contributed by atoms with Gasteiger partial charge in [0.15, 0.2) is 0 Å². The minimum atomic E-state index is -4.49. The number of likely N-dealkylation sites (tertiary alicyclic amines) is 2. The monoisotopic (exact) mass is 408 g/mol. The molecule has 1 amide bonds. The Hall–Kier alpha value is -1.34. The van der Waals surface area contributed by atoms with Crippen LogP contribution in [0, 0.1) is 0 Å². The molecule has 2 fully saturated rings. The van der Waals surface area contributed by atoms with Crippen molar-refractivity contribution in [1.29, 1.82) is 0 Å². The maximum atomic E-state index is 13.7. The summed E-state index contributed by atoms with van der Waals surface area (Å²) in [5.41, 5.74) is -1.40. The van der Waals surface area contributed by atoms with Crippen molar-refractivity contribution in [3.8, 4) is 0 Å². The van der Waals surface area contributed by atoms with E-state index in [4.69, 9.17) is 0 Å². The van der Waals surface area contributed by atoms with Gasteiger partial charge in [0.05, 0.1) is 17.6 Å². The Morgan fingerprint density at radius 3 is 2.56 bits per heavy atom. The summed E-state index contributed by atoms with van der Waals surface area (Å²) >= 11 is 0. The molecule has 8 heteroatoms. The van der Waals surface area contributed by atoms with Gasteiger partial charge in [-0.15, -0.1) is 12.4 Å². The molecule has 0 N–H and O–H groups in total. The number of piperidine rings is 1. The van der Waals surface area contributed by atoms with E-state index in [1.807, 2.05) is 11.8 Å². The van der Waals surface area contributed by atoms with Crippen LogP contribution in [-0.4, -0.2) is 47.2 Å². The lowest BCUT2D eigenvalue weighted by atomic mass is 9.93. The molecule has 0 saturated carbocycles. The summed E-state index contributed by atoms with van der Waals surface area (Å²) in [7, 11) is 0. The molecule has 0 spiro atoms. The first-order chi connectivity index (χ1) is 12.2. The number of hydrogen-bond acceptors (Lipinski definition) is 2. The van der Waals surface area contributed by atoms with E-state index in [9.17, 15) is 22.4 Å². The molecule has 2 atom stereocenters. The van der Waals surface area contributed by atoms with Gasteiger partial charge in [-0.2, -0.15) is 13.2 Å². The zero-order valence-corrected chi connectivity index (χ0v) is 16.1. The summed E-state index contributed by atoms with van der Waals surface area (Å²) in [6.45, 7) is 3.26. The second-order valence-corrected chi connectivity index (χ2v) is 7.38. The van der Waals surface area contributed by atoms with Crippen LogP contribution < -0.4 is 0 Å². The third-order valence-electron chi connectivity index (χ3n) is 5.64. The Kier molecular flexibility index (Phi) is 6.79. The number of hydrogen-bond donors (Lipinski definition) is 0. The predicted molar refractivity (Wildman–Crippen MR) is 97.5 cm³/mol. The Morgan fingerprint density at radius 1 is 1.22 bits per heavy atom. The third kappa shape index (κ3) is 4.57. The molecule has 2 aliphatic rings. The average molecular weight is 409 g/mol. The van der Waals surface area contributed by atoms with Gasteiger partial charge in [0.1, 0.15) is 6.17 Å². The second kappa shape index (κ2) is 8.35. The van der Waals surface area contributed by atoms with E-state index in [0.29, 0.717) is 25.9 Å². The van der Waals surface area contributed by atoms with E-state index < -0.39 is 23.6 Å². The SMILES string of the molecule is CC1(N2CCC(F)C2)CCCCN1C(=O)Cc1ccccc1C(F)(F)F.Cl. The maximum absolute atomic E-state index is 13.7. The standard InChI is InChI=1S/C19H24F4N2O.ClH/c1-18(24-11-8-15(20)13-24)9-4-5-10-25(18)17(26)12-14-6-2-3-7-16(14)19(21,22)23;/h2-3,6-7,15H,4-5,8-13H2,1H3;1H.